The van der Waals surface area contributed by atoms with Gasteiger partial charge in [-0.25, -0.2) is 0 Å². The van der Waals surface area contributed by atoms with Crippen molar-refractivity contribution in [2.24, 2.45) is 0 Å². The summed E-state index contributed by atoms with van der Waals surface area (Å²) in [6.45, 7) is 10.8. The first-order valence-electron chi connectivity index (χ1n) is 29.1. The molecular weight excluding hydrogens is 1050 g/mol. The van der Waals surface area contributed by atoms with Gasteiger partial charge in [0.15, 0.2) is 0 Å². The van der Waals surface area contributed by atoms with Crippen LogP contribution in [-0.4, -0.2) is 69.9 Å². The van der Waals surface area contributed by atoms with Crippen LogP contribution in [0.25, 0.3) is 0 Å². The van der Waals surface area contributed by atoms with Crippen molar-refractivity contribution in [1.82, 2.24) is 9.80 Å². The van der Waals surface area contributed by atoms with Crippen LogP contribution in [0.4, 0.5) is 0 Å². The Labute approximate surface area is 493 Å². The summed E-state index contributed by atoms with van der Waals surface area (Å²) in [5.41, 5.74) is 12.0. The van der Waals surface area contributed by atoms with Crippen molar-refractivity contribution in [3.8, 4) is 23.0 Å². The number of carbonyl (C=O) groups is 4. The molecule has 12 nitrogen and oxygen atoms in total. The number of fused-ring (bicyclic) bond motifs is 8. The lowest BCUT2D eigenvalue weighted by molar-refractivity contribution is -0.137. The lowest BCUT2D eigenvalue weighted by Gasteiger charge is -2.26. The molecule has 9 rings (SSSR count). The number of amides is 2. The minimum absolute atomic E-state index is 0.0241. The average molecular weight is 1130 g/mol. The van der Waals surface area contributed by atoms with Crippen molar-refractivity contribution in [1.29, 1.82) is 0 Å². The Bertz CT molecular complexity index is 3330. The second-order valence-corrected chi connectivity index (χ2v) is 21.3. The maximum atomic E-state index is 14.8. The lowest BCUT2D eigenvalue weighted by atomic mass is 9.82. The van der Waals surface area contributed by atoms with Gasteiger partial charge < -0.3 is 39.0 Å². The molecule has 12 heteroatoms. The van der Waals surface area contributed by atoms with Crippen LogP contribution in [0.3, 0.4) is 0 Å². The fourth-order valence-electron chi connectivity index (χ4n) is 11.3. The zero-order valence-electron chi connectivity index (χ0n) is 48.5. The average Bonchev–Trinajstić information content (AvgIpc) is 3.27. The molecule has 0 saturated carbocycles. The number of nitrogens with zero attached hydrogens (tertiary/aromatic N) is 2. The molecule has 84 heavy (non-hydrogen) atoms. The Hall–Kier alpha value is -9.16. The Balaban J connectivity index is 1.36. The Kier molecular flexibility index (Phi) is 20.3. The molecule has 8 aromatic carbocycles. The van der Waals surface area contributed by atoms with E-state index in [1.807, 2.05) is 207 Å². The van der Waals surface area contributed by atoms with Crippen LogP contribution in [0.2, 0.25) is 0 Å². The SMILES string of the molecule is CCN(CC)C(=O)Cc1c2cc(OCc3ccccc3)cc1Cc1cc(OCc3ccccc3)cc(c1CC(=O)N(CC)CC)Cc1cc(OCc3ccccc3)cc(c1CC(=O)O)Cc1cc(OCc3ccccc3)cc(c1CC(=O)O)C2. The molecule has 8 bridgehead atoms. The molecule has 0 aromatic heterocycles. The summed E-state index contributed by atoms with van der Waals surface area (Å²) in [5.74, 6) is -0.165. The third-order valence-corrected chi connectivity index (χ3v) is 15.7. The predicted octanol–water partition coefficient (Wildman–Crippen LogP) is 12.8. The van der Waals surface area contributed by atoms with Gasteiger partial charge >= 0.3 is 11.9 Å². The van der Waals surface area contributed by atoms with Gasteiger partial charge in [-0.3, -0.25) is 19.2 Å². The molecule has 0 heterocycles. The van der Waals surface area contributed by atoms with E-state index in [1.165, 1.54) is 0 Å². The zero-order valence-corrected chi connectivity index (χ0v) is 48.5. The normalized spacial score (nSPS) is 11.8. The molecule has 0 spiro atoms. The number of likely N-dealkylation sites (N-methyl/N-ethyl adjacent to an activating group) is 2. The number of benzene rings is 8. The Morgan fingerprint density at radius 3 is 0.726 bits per heavy atom. The second-order valence-electron chi connectivity index (χ2n) is 21.3. The van der Waals surface area contributed by atoms with Crippen LogP contribution in [0.1, 0.15) is 117 Å². The molecule has 2 amide bonds. The highest BCUT2D eigenvalue weighted by molar-refractivity contribution is 5.81. The van der Waals surface area contributed by atoms with Crippen LogP contribution in [0.5, 0.6) is 23.0 Å². The molecule has 0 fully saturated rings. The van der Waals surface area contributed by atoms with E-state index in [2.05, 4.69) is 0 Å². The number of carboxylic acids is 2. The number of hydrogen-bond donors (Lipinski definition) is 2. The number of rotatable bonds is 24. The smallest absolute Gasteiger partial charge is 0.307 e. The maximum Gasteiger partial charge on any atom is 0.307 e. The molecule has 0 aliphatic heterocycles. The summed E-state index contributed by atoms with van der Waals surface area (Å²) < 4.78 is 26.9. The minimum Gasteiger partial charge on any atom is -0.489 e. The third kappa shape index (κ3) is 15.7. The van der Waals surface area contributed by atoms with Gasteiger partial charge in [-0.05, 0) is 191 Å². The fourth-order valence-corrected chi connectivity index (χ4v) is 11.3. The summed E-state index contributed by atoms with van der Waals surface area (Å²) in [5, 5.41) is 21.8. The van der Waals surface area contributed by atoms with Crippen LogP contribution in [-0.2, 0) is 97.0 Å². The van der Waals surface area contributed by atoms with Gasteiger partial charge in [0.05, 0.1) is 25.7 Å². The van der Waals surface area contributed by atoms with Crippen molar-refractivity contribution in [2.75, 3.05) is 26.2 Å². The van der Waals surface area contributed by atoms with E-state index < -0.39 is 11.9 Å². The highest BCUT2D eigenvalue weighted by Gasteiger charge is 2.27. The van der Waals surface area contributed by atoms with Crippen molar-refractivity contribution in [2.45, 2.75) is 105 Å². The van der Waals surface area contributed by atoms with Gasteiger partial charge in [0.25, 0.3) is 0 Å². The van der Waals surface area contributed by atoms with Crippen LogP contribution in [0, 0.1) is 0 Å². The number of carboxylic acid groups (broad SMARTS) is 2. The molecule has 1 aliphatic rings. The molecule has 2 N–H and O–H groups in total. The molecule has 8 aromatic rings. The highest BCUT2D eigenvalue weighted by Crippen LogP contribution is 2.38. The summed E-state index contributed by atoms with van der Waals surface area (Å²) >= 11 is 0. The van der Waals surface area contributed by atoms with E-state index in [0.29, 0.717) is 82.6 Å². The van der Waals surface area contributed by atoms with E-state index in [9.17, 15) is 29.4 Å². The van der Waals surface area contributed by atoms with E-state index >= 15 is 0 Å². The van der Waals surface area contributed by atoms with Gasteiger partial charge in [0, 0.05) is 26.2 Å². The van der Waals surface area contributed by atoms with E-state index in [-0.39, 0.29) is 89.6 Å². The molecular formula is C72H74N2O10. The van der Waals surface area contributed by atoms with Crippen molar-refractivity contribution in [3.05, 3.63) is 259 Å². The monoisotopic (exact) mass is 1130 g/mol. The van der Waals surface area contributed by atoms with Gasteiger partial charge in [-0.15, -0.1) is 0 Å². The first-order chi connectivity index (χ1) is 40.9. The van der Waals surface area contributed by atoms with Crippen molar-refractivity contribution < 1.29 is 48.3 Å². The Morgan fingerprint density at radius 2 is 0.536 bits per heavy atom. The summed E-state index contributed by atoms with van der Waals surface area (Å²) in [7, 11) is 0. The number of carbonyl (C=O) groups excluding carboxylic acids is 2. The highest BCUT2D eigenvalue weighted by atomic mass is 16.5. The van der Waals surface area contributed by atoms with E-state index in [1.54, 1.807) is 0 Å². The van der Waals surface area contributed by atoms with Gasteiger partial charge in [0.1, 0.15) is 49.4 Å². The quantitative estimate of drug-likeness (QED) is 0.0598. The van der Waals surface area contributed by atoms with E-state index in [4.69, 9.17) is 18.9 Å². The predicted molar refractivity (Wildman–Crippen MR) is 326 cm³/mol. The molecule has 0 radical (unpaired) electrons. The maximum absolute atomic E-state index is 14.8. The number of hydrogen-bond acceptors (Lipinski definition) is 8. The molecule has 0 saturated heterocycles. The van der Waals surface area contributed by atoms with Crippen LogP contribution >= 0.6 is 0 Å². The van der Waals surface area contributed by atoms with Gasteiger partial charge in [-0.2, -0.15) is 0 Å². The number of ether oxygens (including phenoxy) is 4. The largest absolute Gasteiger partial charge is 0.489 e. The van der Waals surface area contributed by atoms with Crippen LogP contribution in [0.15, 0.2) is 170 Å². The van der Waals surface area contributed by atoms with E-state index in [0.717, 1.165) is 55.6 Å². The second kappa shape index (κ2) is 28.7. The summed E-state index contributed by atoms with van der Waals surface area (Å²) in [4.78, 5) is 59.8. The lowest BCUT2D eigenvalue weighted by Crippen LogP contribution is -2.32. The van der Waals surface area contributed by atoms with Crippen molar-refractivity contribution in [3.63, 3.8) is 0 Å². The van der Waals surface area contributed by atoms with Crippen LogP contribution < -0.4 is 18.9 Å². The molecule has 0 atom stereocenters. The fraction of sp³-hybridized carbons (Fsp3) is 0.278. The van der Waals surface area contributed by atoms with Gasteiger partial charge in [0.2, 0.25) is 11.8 Å². The third-order valence-electron chi connectivity index (χ3n) is 15.7. The molecule has 432 valence electrons. The molecule has 1 aliphatic carbocycles. The summed E-state index contributed by atoms with van der Waals surface area (Å²) in [6.07, 6.45) is -0.00433. The first kappa shape index (κ1) is 59.5. The topological polar surface area (TPSA) is 152 Å². The molecule has 0 unspecified atom stereocenters. The number of aliphatic carboxylic acids is 2. The minimum atomic E-state index is -1.05. The standard InChI is InChI=1S/C72H74N2O10/c1-5-73(6-2)69(75)41-65-53-29-54-34-62(82-46-50-23-15-10-16-24-50)36-56(66(54)42-70(76)74(7-3)8-4)31-58-38-64(84-48-52-27-19-12-20-28-52)40-60(68(58)44-72(79)80)32-59-39-63(83-47-51-25-17-11-18-26-51)37-57(67(59)43-71(77)78)30-55(65)35-61(33-53)81-45-49-21-13-9-14-22-49/h9-28,33-40H,5-8,29-32,41-48H2,1-4H3,(H,77,78)(H,79,80). The Morgan fingerprint density at radius 1 is 0.333 bits per heavy atom. The summed E-state index contributed by atoms with van der Waals surface area (Å²) in [6, 6.07) is 54.9. The first-order valence-corrected chi connectivity index (χ1v) is 29.1. The van der Waals surface area contributed by atoms with Crippen molar-refractivity contribution >= 4 is 23.8 Å². The zero-order chi connectivity index (χ0) is 59.0. The van der Waals surface area contributed by atoms with Gasteiger partial charge in [-0.1, -0.05) is 121 Å².